The van der Waals surface area contributed by atoms with Crippen molar-refractivity contribution in [3.63, 3.8) is 0 Å². The number of H-pyrrole nitrogens is 1. The third kappa shape index (κ3) is 2.38. The molecule has 0 spiro atoms. The Balaban J connectivity index is 1.94. The number of nitrogens with one attached hydrogen (secondary N) is 1. The predicted octanol–water partition coefficient (Wildman–Crippen LogP) is 2.92. The molecule has 0 aliphatic rings. The smallest absolute Gasteiger partial charge is 0.337 e. The lowest BCUT2D eigenvalue weighted by molar-refractivity contribution is 0.0601. The molecule has 0 atom stereocenters. The van der Waals surface area contributed by atoms with E-state index in [0.29, 0.717) is 28.1 Å². The summed E-state index contributed by atoms with van der Waals surface area (Å²) >= 11 is 0. The average molecular weight is 350 g/mol. The molecule has 0 fully saturated rings. The maximum absolute atomic E-state index is 11.7. The Morgan fingerprint density at radius 1 is 1.27 bits per heavy atom. The van der Waals surface area contributed by atoms with Crippen LogP contribution in [0.5, 0.6) is 0 Å². The zero-order chi connectivity index (χ0) is 18.4. The molecule has 0 radical (unpaired) electrons. The number of nitrogens with two attached hydrogens (primary N) is 1. The van der Waals surface area contributed by atoms with Crippen molar-refractivity contribution in [1.82, 2.24) is 24.7 Å². The summed E-state index contributed by atoms with van der Waals surface area (Å²) in [6.45, 7) is 4.06. The van der Waals surface area contributed by atoms with Gasteiger partial charge in [-0.1, -0.05) is 6.07 Å². The fourth-order valence-electron chi connectivity index (χ4n) is 3.04. The van der Waals surface area contributed by atoms with Crippen LogP contribution in [0.4, 0.5) is 5.82 Å². The summed E-state index contributed by atoms with van der Waals surface area (Å²) in [5.74, 6) is 0.000959. The zero-order valence-electron chi connectivity index (χ0n) is 14.6. The van der Waals surface area contributed by atoms with Gasteiger partial charge in [0.05, 0.1) is 23.8 Å². The van der Waals surface area contributed by atoms with E-state index in [1.807, 2.05) is 30.7 Å². The van der Waals surface area contributed by atoms with Gasteiger partial charge in [0.1, 0.15) is 17.8 Å². The number of aromatic amines is 1. The number of aromatic nitrogens is 5. The Labute approximate surface area is 149 Å². The second kappa shape index (κ2) is 5.83. The number of carbonyl (C=O) groups excluding carboxylic acids is 1. The van der Waals surface area contributed by atoms with Crippen molar-refractivity contribution in [1.29, 1.82) is 0 Å². The maximum Gasteiger partial charge on any atom is 0.337 e. The molecule has 1 aromatic carbocycles. The third-order valence-electron chi connectivity index (χ3n) is 4.31. The normalized spacial score (nSPS) is 11.5. The zero-order valence-corrected chi connectivity index (χ0v) is 14.6. The first-order valence-electron chi connectivity index (χ1n) is 8.19. The van der Waals surface area contributed by atoms with Crippen LogP contribution >= 0.6 is 0 Å². The Kier molecular flexibility index (Phi) is 3.61. The molecule has 26 heavy (non-hydrogen) atoms. The van der Waals surface area contributed by atoms with E-state index in [-0.39, 0.29) is 12.0 Å². The van der Waals surface area contributed by atoms with Gasteiger partial charge in [-0.05, 0) is 32.0 Å². The van der Waals surface area contributed by atoms with Gasteiger partial charge in [0.2, 0.25) is 0 Å². The van der Waals surface area contributed by atoms with E-state index in [1.54, 1.807) is 12.1 Å². The van der Waals surface area contributed by atoms with Crippen molar-refractivity contribution in [2.45, 2.75) is 19.9 Å². The van der Waals surface area contributed by atoms with Gasteiger partial charge in [0.25, 0.3) is 0 Å². The molecule has 3 aromatic heterocycles. The van der Waals surface area contributed by atoms with E-state index >= 15 is 0 Å². The first kappa shape index (κ1) is 16.1. The van der Waals surface area contributed by atoms with Gasteiger partial charge >= 0.3 is 5.97 Å². The highest BCUT2D eigenvalue weighted by Gasteiger charge is 2.20. The van der Waals surface area contributed by atoms with Crippen LogP contribution in [0.15, 0.2) is 30.6 Å². The van der Waals surface area contributed by atoms with Crippen molar-refractivity contribution < 1.29 is 9.53 Å². The fraction of sp³-hybridized carbons (Fsp3) is 0.222. The molecule has 8 heteroatoms. The maximum atomic E-state index is 11.7. The number of fused-ring (bicyclic) bond motifs is 2. The highest BCUT2D eigenvalue weighted by molar-refractivity contribution is 6.01. The molecule has 0 saturated heterocycles. The number of rotatable bonds is 3. The van der Waals surface area contributed by atoms with Crippen LogP contribution in [0, 0.1) is 0 Å². The quantitative estimate of drug-likeness (QED) is 0.549. The standard InChI is InChI=1S/C18H18N6O2/c1-9(2)24-17-14(16(19)20-8-21-17)15(23-24)13-6-10-4-5-11(18(25)26-3)7-12(10)22-13/h4-9,22H,1-3H3,(H2,19,20,21). The van der Waals surface area contributed by atoms with Gasteiger partial charge in [-0.3, -0.25) is 0 Å². The molecule has 4 aromatic rings. The van der Waals surface area contributed by atoms with E-state index in [4.69, 9.17) is 15.6 Å². The number of benzene rings is 1. The molecular weight excluding hydrogens is 332 g/mol. The number of nitrogens with zero attached hydrogens (tertiary/aromatic N) is 4. The molecule has 0 bridgehead atoms. The second-order valence-corrected chi connectivity index (χ2v) is 6.32. The van der Waals surface area contributed by atoms with Gasteiger partial charge in [-0.15, -0.1) is 0 Å². The lowest BCUT2D eigenvalue weighted by Gasteiger charge is -2.05. The molecule has 132 valence electrons. The van der Waals surface area contributed by atoms with E-state index in [1.165, 1.54) is 13.4 Å². The molecular formula is C18H18N6O2. The molecule has 4 rings (SSSR count). The lowest BCUT2D eigenvalue weighted by Crippen LogP contribution is -2.04. The molecule has 0 aliphatic carbocycles. The minimum Gasteiger partial charge on any atom is -0.465 e. The molecule has 0 unspecified atom stereocenters. The van der Waals surface area contributed by atoms with Crippen LogP contribution < -0.4 is 5.73 Å². The highest BCUT2D eigenvalue weighted by atomic mass is 16.5. The molecule has 3 heterocycles. The van der Waals surface area contributed by atoms with Crippen molar-refractivity contribution in [2.24, 2.45) is 0 Å². The minimum atomic E-state index is -0.379. The van der Waals surface area contributed by atoms with Crippen molar-refractivity contribution in [3.8, 4) is 11.4 Å². The minimum absolute atomic E-state index is 0.121. The van der Waals surface area contributed by atoms with Crippen LogP contribution in [0.25, 0.3) is 33.3 Å². The number of anilines is 1. The van der Waals surface area contributed by atoms with Gasteiger partial charge < -0.3 is 15.5 Å². The van der Waals surface area contributed by atoms with E-state index in [2.05, 4.69) is 15.0 Å². The van der Waals surface area contributed by atoms with Crippen molar-refractivity contribution >= 4 is 33.7 Å². The average Bonchev–Trinajstić information content (AvgIpc) is 3.22. The Hall–Kier alpha value is -3.42. The number of ether oxygens (including phenoxy) is 1. The summed E-state index contributed by atoms with van der Waals surface area (Å²) in [4.78, 5) is 23.5. The van der Waals surface area contributed by atoms with Crippen molar-refractivity contribution in [2.75, 3.05) is 12.8 Å². The van der Waals surface area contributed by atoms with Crippen LogP contribution in [0.1, 0.15) is 30.2 Å². The molecule has 0 saturated carbocycles. The molecule has 8 nitrogen and oxygen atoms in total. The Morgan fingerprint density at radius 3 is 2.81 bits per heavy atom. The molecule has 3 N–H and O–H groups in total. The Morgan fingerprint density at radius 2 is 2.08 bits per heavy atom. The monoisotopic (exact) mass is 350 g/mol. The van der Waals surface area contributed by atoms with Gasteiger partial charge in [-0.25, -0.2) is 19.4 Å². The van der Waals surface area contributed by atoms with E-state index < -0.39 is 0 Å². The summed E-state index contributed by atoms with van der Waals surface area (Å²) in [7, 11) is 1.36. The third-order valence-corrected chi connectivity index (χ3v) is 4.31. The van der Waals surface area contributed by atoms with Gasteiger partial charge in [0.15, 0.2) is 5.65 Å². The summed E-state index contributed by atoms with van der Waals surface area (Å²) in [6.07, 6.45) is 1.44. The molecule has 0 amide bonds. The number of nitrogen functional groups attached to an aromatic ring is 1. The topological polar surface area (TPSA) is 112 Å². The van der Waals surface area contributed by atoms with Crippen LogP contribution in [-0.2, 0) is 4.74 Å². The summed E-state index contributed by atoms with van der Waals surface area (Å²) in [5.41, 5.74) is 9.55. The van der Waals surface area contributed by atoms with Crippen molar-refractivity contribution in [3.05, 3.63) is 36.2 Å². The van der Waals surface area contributed by atoms with E-state index in [0.717, 1.165) is 16.6 Å². The summed E-state index contributed by atoms with van der Waals surface area (Å²) in [5, 5.41) is 6.36. The van der Waals surface area contributed by atoms with Crippen LogP contribution in [-0.4, -0.2) is 37.8 Å². The largest absolute Gasteiger partial charge is 0.465 e. The number of carbonyl (C=O) groups is 1. The SMILES string of the molecule is COC(=O)c1ccc2cc(-c3nn(C(C)C)c4ncnc(N)c34)[nH]c2c1. The first-order valence-corrected chi connectivity index (χ1v) is 8.19. The van der Waals surface area contributed by atoms with E-state index in [9.17, 15) is 4.79 Å². The fourth-order valence-corrected chi connectivity index (χ4v) is 3.04. The van der Waals surface area contributed by atoms with Gasteiger partial charge in [-0.2, -0.15) is 5.10 Å². The van der Waals surface area contributed by atoms with Crippen LogP contribution in [0.2, 0.25) is 0 Å². The number of hydrogen-bond acceptors (Lipinski definition) is 6. The predicted molar refractivity (Wildman–Crippen MR) is 98.8 cm³/mol. The number of methoxy groups -OCH3 is 1. The Bertz CT molecular complexity index is 1140. The summed E-state index contributed by atoms with van der Waals surface area (Å²) < 4.78 is 6.61. The molecule has 0 aliphatic heterocycles. The van der Waals surface area contributed by atoms with Gasteiger partial charge in [0, 0.05) is 16.9 Å². The van der Waals surface area contributed by atoms with Crippen LogP contribution in [0.3, 0.4) is 0 Å². The summed E-state index contributed by atoms with van der Waals surface area (Å²) in [6, 6.07) is 7.44. The number of hydrogen-bond donors (Lipinski definition) is 2. The second-order valence-electron chi connectivity index (χ2n) is 6.32. The number of esters is 1. The lowest BCUT2D eigenvalue weighted by atomic mass is 10.1. The highest BCUT2D eigenvalue weighted by Crippen LogP contribution is 2.33. The first-order chi connectivity index (χ1) is 12.5.